The number of amides is 2. The lowest BCUT2D eigenvalue weighted by molar-refractivity contribution is 0.200. The molecule has 1 saturated heterocycles. The zero-order valence-corrected chi connectivity index (χ0v) is 14.0. The average molecular weight is 327 g/mol. The molecule has 5 heteroatoms. The molecule has 1 aliphatic rings. The van der Waals surface area contributed by atoms with Crippen LogP contribution in [0.25, 0.3) is 0 Å². The molecule has 0 radical (unpaired) electrons. The van der Waals surface area contributed by atoms with Crippen LogP contribution in [0.4, 0.5) is 20.6 Å². The van der Waals surface area contributed by atoms with E-state index in [2.05, 4.69) is 48.3 Å². The monoisotopic (exact) mass is 327 g/mol. The molecule has 1 atom stereocenters. The van der Waals surface area contributed by atoms with Gasteiger partial charge in [0, 0.05) is 37.1 Å². The van der Waals surface area contributed by atoms with Gasteiger partial charge < -0.3 is 15.1 Å². The molecule has 3 rings (SSSR count). The van der Waals surface area contributed by atoms with Gasteiger partial charge in [-0.3, -0.25) is 0 Å². The fourth-order valence-corrected chi connectivity index (χ4v) is 3.00. The van der Waals surface area contributed by atoms with Crippen LogP contribution < -0.4 is 10.2 Å². The Bertz CT molecular complexity index is 700. The summed E-state index contributed by atoms with van der Waals surface area (Å²) in [6, 6.07) is 14.4. The molecule has 1 unspecified atom stereocenters. The third kappa shape index (κ3) is 3.67. The van der Waals surface area contributed by atoms with Gasteiger partial charge in [-0.15, -0.1) is 0 Å². The Labute approximate surface area is 141 Å². The first kappa shape index (κ1) is 16.3. The Morgan fingerprint density at radius 3 is 2.38 bits per heavy atom. The summed E-state index contributed by atoms with van der Waals surface area (Å²) in [7, 11) is 0. The SMILES string of the molecule is Cc1ccc(N2CCN(C(=O)Nc3ccc(F)cc3)CC2C)cc1. The minimum atomic E-state index is -0.312. The maximum Gasteiger partial charge on any atom is 0.321 e. The van der Waals surface area contributed by atoms with Crippen LogP contribution in [0.2, 0.25) is 0 Å². The number of nitrogens with one attached hydrogen (secondary N) is 1. The van der Waals surface area contributed by atoms with E-state index in [0.29, 0.717) is 18.8 Å². The highest BCUT2D eigenvalue weighted by Crippen LogP contribution is 2.21. The quantitative estimate of drug-likeness (QED) is 0.909. The Hall–Kier alpha value is -2.56. The minimum absolute atomic E-state index is 0.142. The van der Waals surface area contributed by atoms with E-state index in [0.717, 1.165) is 6.54 Å². The van der Waals surface area contributed by atoms with Gasteiger partial charge in [-0.05, 0) is 50.2 Å². The summed E-state index contributed by atoms with van der Waals surface area (Å²) in [5.41, 5.74) is 3.03. The molecular formula is C19H22FN3O. The van der Waals surface area contributed by atoms with Gasteiger partial charge >= 0.3 is 6.03 Å². The van der Waals surface area contributed by atoms with Crippen LogP contribution in [0.1, 0.15) is 12.5 Å². The fraction of sp³-hybridized carbons (Fsp3) is 0.316. The highest BCUT2D eigenvalue weighted by atomic mass is 19.1. The first-order valence-corrected chi connectivity index (χ1v) is 8.18. The molecule has 2 amide bonds. The highest BCUT2D eigenvalue weighted by Gasteiger charge is 2.26. The number of carbonyl (C=O) groups excluding carboxylic acids is 1. The van der Waals surface area contributed by atoms with Crippen molar-refractivity contribution in [3.8, 4) is 0 Å². The Morgan fingerprint density at radius 2 is 1.75 bits per heavy atom. The molecule has 1 fully saturated rings. The number of hydrogen-bond acceptors (Lipinski definition) is 2. The van der Waals surface area contributed by atoms with E-state index in [1.165, 1.54) is 23.4 Å². The predicted octanol–water partition coefficient (Wildman–Crippen LogP) is 3.88. The Balaban J connectivity index is 1.61. The van der Waals surface area contributed by atoms with E-state index in [4.69, 9.17) is 0 Å². The summed E-state index contributed by atoms with van der Waals surface area (Å²) in [6.45, 7) is 6.30. The third-order valence-electron chi connectivity index (χ3n) is 4.38. The van der Waals surface area contributed by atoms with Crippen LogP contribution >= 0.6 is 0 Å². The van der Waals surface area contributed by atoms with Gasteiger partial charge in [-0.25, -0.2) is 9.18 Å². The van der Waals surface area contributed by atoms with Gasteiger partial charge in [0.2, 0.25) is 0 Å². The molecule has 1 heterocycles. The molecule has 1 N–H and O–H groups in total. The van der Waals surface area contributed by atoms with E-state index >= 15 is 0 Å². The van der Waals surface area contributed by atoms with Crippen LogP contribution in [0.15, 0.2) is 48.5 Å². The van der Waals surface area contributed by atoms with Gasteiger partial charge in [-0.1, -0.05) is 17.7 Å². The number of anilines is 2. The molecular weight excluding hydrogens is 305 g/mol. The lowest BCUT2D eigenvalue weighted by Crippen LogP contribution is -2.54. The molecule has 2 aromatic rings. The van der Waals surface area contributed by atoms with E-state index in [9.17, 15) is 9.18 Å². The van der Waals surface area contributed by atoms with Crippen LogP contribution in [-0.4, -0.2) is 36.6 Å². The van der Waals surface area contributed by atoms with Crippen LogP contribution in [0, 0.1) is 12.7 Å². The van der Waals surface area contributed by atoms with Crippen molar-refractivity contribution in [2.24, 2.45) is 0 Å². The van der Waals surface area contributed by atoms with Gasteiger partial charge in [0.25, 0.3) is 0 Å². The predicted molar refractivity (Wildman–Crippen MR) is 95.0 cm³/mol. The second kappa shape index (κ2) is 6.91. The van der Waals surface area contributed by atoms with Crippen LogP contribution in [0.5, 0.6) is 0 Å². The molecule has 0 aliphatic carbocycles. The van der Waals surface area contributed by atoms with Crippen molar-refractivity contribution in [3.63, 3.8) is 0 Å². The summed E-state index contributed by atoms with van der Waals surface area (Å²) < 4.78 is 12.9. The van der Waals surface area contributed by atoms with E-state index < -0.39 is 0 Å². The van der Waals surface area contributed by atoms with Crippen molar-refractivity contribution < 1.29 is 9.18 Å². The van der Waals surface area contributed by atoms with Crippen molar-refractivity contribution in [1.29, 1.82) is 0 Å². The molecule has 24 heavy (non-hydrogen) atoms. The number of urea groups is 1. The number of aryl methyl sites for hydroxylation is 1. The summed E-state index contributed by atoms with van der Waals surface area (Å²) in [4.78, 5) is 16.5. The van der Waals surface area contributed by atoms with Gasteiger partial charge in [-0.2, -0.15) is 0 Å². The maximum atomic E-state index is 12.9. The number of rotatable bonds is 2. The second-order valence-electron chi connectivity index (χ2n) is 6.26. The molecule has 2 aromatic carbocycles. The maximum absolute atomic E-state index is 12.9. The minimum Gasteiger partial charge on any atom is -0.365 e. The first-order chi connectivity index (χ1) is 11.5. The molecule has 0 bridgehead atoms. The van der Waals surface area contributed by atoms with Crippen molar-refractivity contribution in [3.05, 3.63) is 59.9 Å². The smallest absolute Gasteiger partial charge is 0.321 e. The van der Waals surface area contributed by atoms with Gasteiger partial charge in [0.05, 0.1) is 0 Å². The number of nitrogens with zero attached hydrogens (tertiary/aromatic N) is 2. The van der Waals surface area contributed by atoms with Crippen molar-refractivity contribution in [1.82, 2.24) is 4.90 Å². The lowest BCUT2D eigenvalue weighted by atomic mass is 10.1. The van der Waals surface area contributed by atoms with E-state index in [1.54, 1.807) is 17.0 Å². The molecule has 4 nitrogen and oxygen atoms in total. The first-order valence-electron chi connectivity index (χ1n) is 8.18. The van der Waals surface area contributed by atoms with Crippen LogP contribution in [0.3, 0.4) is 0 Å². The Morgan fingerprint density at radius 1 is 1.08 bits per heavy atom. The van der Waals surface area contributed by atoms with E-state index in [1.807, 2.05) is 0 Å². The standard InChI is InChI=1S/C19H22FN3O/c1-14-3-9-18(10-4-14)23-12-11-22(13-15(23)2)19(24)21-17-7-5-16(20)6-8-17/h3-10,15H,11-13H2,1-2H3,(H,21,24). The zero-order chi connectivity index (χ0) is 17.1. The number of hydrogen-bond donors (Lipinski definition) is 1. The fourth-order valence-electron chi connectivity index (χ4n) is 3.00. The number of halogens is 1. The number of benzene rings is 2. The molecule has 0 spiro atoms. The third-order valence-corrected chi connectivity index (χ3v) is 4.38. The number of piperazine rings is 1. The van der Waals surface area contributed by atoms with Gasteiger partial charge in [0.1, 0.15) is 5.82 Å². The molecule has 126 valence electrons. The largest absolute Gasteiger partial charge is 0.365 e. The van der Waals surface area contributed by atoms with Crippen molar-refractivity contribution in [2.45, 2.75) is 19.9 Å². The topological polar surface area (TPSA) is 35.6 Å². The van der Waals surface area contributed by atoms with Crippen molar-refractivity contribution >= 4 is 17.4 Å². The summed E-state index contributed by atoms with van der Waals surface area (Å²) in [6.07, 6.45) is 0. The second-order valence-corrected chi connectivity index (χ2v) is 6.26. The lowest BCUT2D eigenvalue weighted by Gasteiger charge is -2.41. The molecule has 0 saturated carbocycles. The Kier molecular flexibility index (Phi) is 4.69. The summed E-state index contributed by atoms with van der Waals surface area (Å²) in [5, 5.41) is 2.82. The normalized spacial score (nSPS) is 17.7. The molecule has 1 aliphatic heterocycles. The highest BCUT2D eigenvalue weighted by molar-refractivity contribution is 5.89. The molecule has 0 aromatic heterocycles. The summed E-state index contributed by atoms with van der Waals surface area (Å²) >= 11 is 0. The van der Waals surface area contributed by atoms with Crippen molar-refractivity contribution in [2.75, 3.05) is 29.9 Å². The zero-order valence-electron chi connectivity index (χ0n) is 14.0. The van der Waals surface area contributed by atoms with E-state index in [-0.39, 0.29) is 17.9 Å². The van der Waals surface area contributed by atoms with Crippen LogP contribution in [-0.2, 0) is 0 Å². The average Bonchev–Trinajstić information content (AvgIpc) is 2.58. The van der Waals surface area contributed by atoms with Gasteiger partial charge in [0.15, 0.2) is 0 Å². The summed E-state index contributed by atoms with van der Waals surface area (Å²) in [5.74, 6) is -0.312. The number of carbonyl (C=O) groups is 1.